The molecule has 0 saturated carbocycles. The van der Waals surface area contributed by atoms with Gasteiger partial charge in [0, 0.05) is 35.5 Å². The summed E-state index contributed by atoms with van der Waals surface area (Å²) in [5, 5.41) is 16.6. The summed E-state index contributed by atoms with van der Waals surface area (Å²) in [4.78, 5) is 30.0. The minimum Gasteiger partial charge on any atom is -0.366 e. The maximum absolute atomic E-state index is 12.5. The van der Waals surface area contributed by atoms with E-state index < -0.39 is 10.8 Å². The maximum atomic E-state index is 12.5. The molecule has 3 rings (SSSR count). The van der Waals surface area contributed by atoms with Crippen molar-refractivity contribution in [2.45, 2.75) is 39.0 Å². The first-order valence-corrected chi connectivity index (χ1v) is 9.44. The average molecular weight is 374 g/mol. The van der Waals surface area contributed by atoms with Crippen LogP contribution in [0, 0.1) is 10.1 Å². The fourth-order valence-corrected chi connectivity index (χ4v) is 3.81. The number of nitro benzene ring substituents is 1. The lowest BCUT2D eigenvalue weighted by molar-refractivity contribution is -0.384. The summed E-state index contributed by atoms with van der Waals surface area (Å²) in [6, 6.07) is 4.65. The zero-order chi connectivity index (χ0) is 18.9. The molecule has 2 heterocycles. The number of anilines is 2. The van der Waals surface area contributed by atoms with Crippen molar-refractivity contribution in [3.8, 4) is 0 Å². The number of amides is 1. The van der Waals surface area contributed by atoms with Crippen LogP contribution in [-0.4, -0.2) is 28.9 Å². The van der Waals surface area contributed by atoms with E-state index in [4.69, 9.17) is 0 Å². The summed E-state index contributed by atoms with van der Waals surface area (Å²) in [6.45, 7) is 7.76. The van der Waals surface area contributed by atoms with Crippen molar-refractivity contribution in [2.75, 3.05) is 23.3 Å². The third-order valence-corrected chi connectivity index (χ3v) is 5.13. The molecule has 8 heteroatoms. The monoisotopic (exact) mass is 374 g/mol. The molecule has 1 saturated heterocycles. The second-order valence-electron chi connectivity index (χ2n) is 7.40. The van der Waals surface area contributed by atoms with E-state index >= 15 is 0 Å². The lowest BCUT2D eigenvalue weighted by Gasteiger charge is -2.17. The Hall–Kier alpha value is -2.48. The van der Waals surface area contributed by atoms with E-state index in [2.05, 4.69) is 10.3 Å². The number of hydrogen-bond donors (Lipinski definition) is 1. The maximum Gasteiger partial charge on any atom is 0.293 e. The molecule has 7 nitrogen and oxygen atoms in total. The van der Waals surface area contributed by atoms with Crippen molar-refractivity contribution >= 4 is 33.8 Å². The van der Waals surface area contributed by atoms with Crippen LogP contribution in [0.25, 0.3) is 0 Å². The lowest BCUT2D eigenvalue weighted by Crippen LogP contribution is -2.20. The topological polar surface area (TPSA) is 88.4 Å². The van der Waals surface area contributed by atoms with Gasteiger partial charge in [0.15, 0.2) is 5.13 Å². The molecule has 0 radical (unpaired) electrons. The average Bonchev–Trinajstić information content (AvgIpc) is 3.25. The molecule has 2 aromatic rings. The lowest BCUT2D eigenvalue weighted by atomic mass is 9.93. The second kappa shape index (κ2) is 7.03. The molecule has 1 aliphatic rings. The van der Waals surface area contributed by atoms with Gasteiger partial charge in [0.05, 0.1) is 10.6 Å². The molecule has 1 amide bonds. The Labute approximate surface area is 156 Å². The highest BCUT2D eigenvalue weighted by Gasteiger charge is 2.24. The fraction of sp³-hybridized carbons (Fsp3) is 0.444. The van der Waals surface area contributed by atoms with Crippen LogP contribution in [0.15, 0.2) is 23.6 Å². The van der Waals surface area contributed by atoms with Gasteiger partial charge in [-0.05, 0) is 25.0 Å². The van der Waals surface area contributed by atoms with Crippen molar-refractivity contribution in [1.29, 1.82) is 0 Å². The molecular weight excluding hydrogens is 352 g/mol. The molecule has 0 aliphatic carbocycles. The highest BCUT2D eigenvalue weighted by Crippen LogP contribution is 2.32. The van der Waals surface area contributed by atoms with E-state index in [-0.39, 0.29) is 16.7 Å². The van der Waals surface area contributed by atoms with Gasteiger partial charge in [-0.3, -0.25) is 20.2 Å². The first-order chi connectivity index (χ1) is 12.3. The summed E-state index contributed by atoms with van der Waals surface area (Å²) in [7, 11) is 0. The van der Waals surface area contributed by atoms with Crippen LogP contribution in [0.1, 0.15) is 49.7 Å². The van der Waals surface area contributed by atoms with Crippen LogP contribution in [0.3, 0.4) is 0 Å². The van der Waals surface area contributed by atoms with Gasteiger partial charge in [-0.25, -0.2) is 4.98 Å². The molecule has 1 N–H and O–H groups in total. The number of aromatic nitrogens is 1. The third-order valence-electron chi connectivity index (χ3n) is 4.37. The first-order valence-electron chi connectivity index (χ1n) is 8.56. The van der Waals surface area contributed by atoms with Crippen LogP contribution in [0.2, 0.25) is 0 Å². The standard InChI is InChI=1S/C18H22N4O3S/c1-18(2,3)15-11-26-17(19-15)20-16(23)12-6-7-13(14(10-12)22(24)25)21-8-4-5-9-21/h6-7,10-11H,4-5,8-9H2,1-3H3,(H,19,20,23). The van der Waals surface area contributed by atoms with Crippen molar-refractivity contribution < 1.29 is 9.72 Å². The van der Waals surface area contributed by atoms with Gasteiger partial charge in [-0.15, -0.1) is 11.3 Å². The van der Waals surface area contributed by atoms with Crippen LogP contribution in [0.4, 0.5) is 16.5 Å². The van der Waals surface area contributed by atoms with Gasteiger partial charge in [-0.1, -0.05) is 20.8 Å². The zero-order valence-corrected chi connectivity index (χ0v) is 15.9. The molecule has 26 heavy (non-hydrogen) atoms. The van der Waals surface area contributed by atoms with E-state index in [0.717, 1.165) is 31.6 Å². The van der Waals surface area contributed by atoms with Crippen molar-refractivity contribution in [3.05, 3.63) is 45.0 Å². The fourth-order valence-electron chi connectivity index (χ4n) is 2.88. The molecule has 0 atom stereocenters. The second-order valence-corrected chi connectivity index (χ2v) is 8.25. The summed E-state index contributed by atoms with van der Waals surface area (Å²) < 4.78 is 0. The number of hydrogen-bond acceptors (Lipinski definition) is 6. The Morgan fingerprint density at radius 1 is 1.31 bits per heavy atom. The van der Waals surface area contributed by atoms with Crippen molar-refractivity contribution in [2.24, 2.45) is 0 Å². The molecule has 0 unspecified atom stereocenters. The smallest absolute Gasteiger partial charge is 0.293 e. The number of thiazole rings is 1. The Bertz CT molecular complexity index is 835. The van der Waals surface area contributed by atoms with Crippen LogP contribution >= 0.6 is 11.3 Å². The van der Waals surface area contributed by atoms with Crippen LogP contribution < -0.4 is 10.2 Å². The van der Waals surface area contributed by atoms with Gasteiger partial charge in [0.25, 0.3) is 11.6 Å². The molecule has 1 aromatic heterocycles. The summed E-state index contributed by atoms with van der Waals surface area (Å²) in [5.74, 6) is -0.393. The van der Waals surface area contributed by atoms with Crippen LogP contribution in [-0.2, 0) is 5.41 Å². The Kier molecular flexibility index (Phi) is 4.95. The van der Waals surface area contributed by atoms with Gasteiger partial charge < -0.3 is 4.90 Å². The van der Waals surface area contributed by atoms with Gasteiger partial charge in [0.1, 0.15) is 5.69 Å². The highest BCUT2D eigenvalue weighted by molar-refractivity contribution is 7.14. The normalized spacial score (nSPS) is 14.5. The molecule has 138 valence electrons. The molecule has 1 aliphatic heterocycles. The van der Waals surface area contributed by atoms with E-state index in [9.17, 15) is 14.9 Å². The highest BCUT2D eigenvalue weighted by atomic mass is 32.1. The number of nitro groups is 1. The number of nitrogens with one attached hydrogen (secondary N) is 1. The first kappa shape index (κ1) is 18.3. The predicted molar refractivity (Wildman–Crippen MR) is 103 cm³/mol. The molecular formula is C18H22N4O3S. The van der Waals surface area contributed by atoms with E-state index in [0.29, 0.717) is 10.8 Å². The number of carbonyl (C=O) groups is 1. The summed E-state index contributed by atoms with van der Waals surface area (Å²) in [6.07, 6.45) is 2.05. The van der Waals surface area contributed by atoms with Crippen molar-refractivity contribution in [3.63, 3.8) is 0 Å². The molecule has 0 bridgehead atoms. The number of nitrogens with zero attached hydrogens (tertiary/aromatic N) is 3. The van der Waals surface area contributed by atoms with Gasteiger partial charge >= 0.3 is 0 Å². The van der Waals surface area contributed by atoms with Crippen LogP contribution in [0.5, 0.6) is 0 Å². The van der Waals surface area contributed by atoms with E-state index in [1.165, 1.54) is 17.4 Å². The number of carbonyl (C=O) groups excluding carboxylic acids is 1. The van der Waals surface area contributed by atoms with E-state index in [1.807, 2.05) is 31.1 Å². The number of benzene rings is 1. The SMILES string of the molecule is CC(C)(C)c1csc(NC(=O)c2ccc(N3CCCC3)c([N+](=O)[O-])c2)n1. The molecule has 1 aromatic carbocycles. The van der Waals surface area contributed by atoms with Gasteiger partial charge in [-0.2, -0.15) is 0 Å². The Balaban J connectivity index is 1.82. The minimum absolute atomic E-state index is 0.0333. The third kappa shape index (κ3) is 3.85. The zero-order valence-electron chi connectivity index (χ0n) is 15.1. The summed E-state index contributed by atoms with van der Waals surface area (Å²) >= 11 is 1.35. The predicted octanol–water partition coefficient (Wildman–Crippen LogP) is 4.20. The van der Waals surface area contributed by atoms with Gasteiger partial charge in [0.2, 0.25) is 0 Å². The largest absolute Gasteiger partial charge is 0.366 e. The Morgan fingerprint density at radius 2 is 2.00 bits per heavy atom. The number of rotatable bonds is 4. The molecule has 0 spiro atoms. The van der Waals surface area contributed by atoms with Crippen molar-refractivity contribution in [1.82, 2.24) is 4.98 Å². The summed E-state index contributed by atoms with van der Waals surface area (Å²) in [5.41, 5.74) is 1.60. The quantitative estimate of drug-likeness (QED) is 0.640. The molecule has 1 fully saturated rings. The van der Waals surface area contributed by atoms with E-state index in [1.54, 1.807) is 12.1 Å². The Morgan fingerprint density at radius 3 is 2.58 bits per heavy atom. The minimum atomic E-state index is -0.425.